The van der Waals surface area contributed by atoms with Gasteiger partial charge in [0.05, 0.1) is 24.4 Å². The lowest BCUT2D eigenvalue weighted by molar-refractivity contribution is -0.145. The van der Waals surface area contributed by atoms with Gasteiger partial charge in [0.25, 0.3) is 0 Å². The highest BCUT2D eigenvalue weighted by molar-refractivity contribution is 6.30. The van der Waals surface area contributed by atoms with E-state index < -0.39 is 29.3 Å². The van der Waals surface area contributed by atoms with Crippen LogP contribution in [0.25, 0.3) is 0 Å². The van der Waals surface area contributed by atoms with E-state index in [1.165, 1.54) is 7.11 Å². The molecule has 0 saturated heterocycles. The van der Waals surface area contributed by atoms with E-state index in [4.69, 9.17) is 21.1 Å². The fourth-order valence-electron chi connectivity index (χ4n) is 4.24. The fourth-order valence-corrected chi connectivity index (χ4v) is 4.37. The summed E-state index contributed by atoms with van der Waals surface area (Å²) < 4.78 is 10.7. The van der Waals surface area contributed by atoms with Crippen LogP contribution in [0, 0.1) is 11.3 Å². The van der Waals surface area contributed by atoms with E-state index in [9.17, 15) is 24.6 Å². The topological polar surface area (TPSA) is 122 Å². The quantitative estimate of drug-likeness (QED) is 0.379. The summed E-state index contributed by atoms with van der Waals surface area (Å²) in [6.07, 6.45) is 3.49. The van der Waals surface area contributed by atoms with Gasteiger partial charge in [0.2, 0.25) is 5.91 Å². The molecular weight excluding hydrogens is 438 g/mol. The van der Waals surface area contributed by atoms with E-state index in [0.717, 1.165) is 12.8 Å². The van der Waals surface area contributed by atoms with E-state index in [0.29, 0.717) is 43.1 Å². The number of halogens is 1. The summed E-state index contributed by atoms with van der Waals surface area (Å²) >= 11 is 5.86. The summed E-state index contributed by atoms with van der Waals surface area (Å²) in [5.41, 5.74) is -0.801. The third-order valence-corrected chi connectivity index (χ3v) is 6.26. The summed E-state index contributed by atoms with van der Waals surface area (Å²) in [6, 6.07) is 6.20. The summed E-state index contributed by atoms with van der Waals surface area (Å²) in [6.45, 7) is 0.525. The van der Waals surface area contributed by atoms with Gasteiger partial charge in [-0.1, -0.05) is 24.4 Å². The number of benzene rings is 1. The normalized spacial score (nSPS) is 16.8. The molecule has 0 radical (unpaired) electrons. The number of carboxylic acid groups (broad SMARTS) is 2. The van der Waals surface area contributed by atoms with E-state index in [1.807, 2.05) is 0 Å². The first-order valence-corrected chi connectivity index (χ1v) is 11.3. The minimum Gasteiger partial charge on any atom is -0.494 e. The van der Waals surface area contributed by atoms with Gasteiger partial charge in [-0.15, -0.1) is 0 Å². The minimum atomic E-state index is -1.02. The maximum atomic E-state index is 13.3. The number of aliphatic carboxylic acids is 2. The molecule has 1 aromatic rings. The first kappa shape index (κ1) is 25.9. The van der Waals surface area contributed by atoms with Crippen molar-refractivity contribution in [1.29, 1.82) is 0 Å². The van der Waals surface area contributed by atoms with Gasteiger partial charge in [-0.05, 0) is 49.9 Å². The van der Waals surface area contributed by atoms with Crippen LogP contribution in [0.4, 0.5) is 0 Å². The number of methoxy groups -OCH3 is 1. The molecule has 1 aromatic carbocycles. The van der Waals surface area contributed by atoms with Gasteiger partial charge in [0, 0.05) is 31.2 Å². The molecule has 0 aliphatic heterocycles. The van der Waals surface area contributed by atoms with Crippen LogP contribution in [-0.4, -0.2) is 54.4 Å². The minimum absolute atomic E-state index is 0.221. The van der Waals surface area contributed by atoms with Crippen molar-refractivity contribution in [1.82, 2.24) is 5.32 Å². The van der Waals surface area contributed by atoms with Crippen LogP contribution in [0.5, 0.6) is 5.75 Å². The molecule has 1 aliphatic carbocycles. The molecule has 2 atom stereocenters. The smallest absolute Gasteiger partial charge is 0.306 e. The van der Waals surface area contributed by atoms with Crippen molar-refractivity contribution >= 4 is 29.4 Å². The molecule has 32 heavy (non-hydrogen) atoms. The molecule has 2 rings (SSSR count). The highest BCUT2D eigenvalue weighted by Crippen LogP contribution is 2.44. The zero-order valence-electron chi connectivity index (χ0n) is 18.3. The van der Waals surface area contributed by atoms with Crippen molar-refractivity contribution in [2.24, 2.45) is 11.3 Å². The average molecular weight is 470 g/mol. The van der Waals surface area contributed by atoms with E-state index in [-0.39, 0.29) is 25.4 Å². The van der Waals surface area contributed by atoms with Gasteiger partial charge < -0.3 is 25.0 Å². The standard InChI is InChI=1S/C23H32ClNO7/c1-31-12-8-16(21(28)29)15-23(10-2-3-11-23)22(30)25-18(14-20(26)27)9-13-32-19-6-4-17(24)5-7-19/h4-7,16,18H,2-3,8-15H2,1H3,(H,25,30)(H,26,27)(H,28,29)/t16-,18-/m1/s1. The molecule has 1 fully saturated rings. The third-order valence-electron chi connectivity index (χ3n) is 6.00. The fraction of sp³-hybridized carbons (Fsp3) is 0.609. The molecule has 1 amide bonds. The number of carboxylic acids is 2. The molecule has 1 saturated carbocycles. The van der Waals surface area contributed by atoms with Gasteiger partial charge in [-0.3, -0.25) is 14.4 Å². The second-order valence-corrected chi connectivity index (χ2v) is 8.80. The zero-order chi connectivity index (χ0) is 23.6. The SMILES string of the molecule is COCC[C@H](CC1(C(=O)N[C@H](CCOc2ccc(Cl)cc2)CC(=O)O)CCCC1)C(=O)O. The highest BCUT2D eigenvalue weighted by atomic mass is 35.5. The zero-order valence-corrected chi connectivity index (χ0v) is 19.1. The van der Waals surface area contributed by atoms with Gasteiger partial charge >= 0.3 is 11.9 Å². The predicted octanol–water partition coefficient (Wildman–Crippen LogP) is 3.76. The van der Waals surface area contributed by atoms with Crippen molar-refractivity contribution < 1.29 is 34.1 Å². The Morgan fingerprint density at radius 3 is 2.31 bits per heavy atom. The number of rotatable bonds is 14. The average Bonchev–Trinajstić information content (AvgIpc) is 3.22. The van der Waals surface area contributed by atoms with Crippen LogP contribution in [0.15, 0.2) is 24.3 Å². The predicted molar refractivity (Wildman–Crippen MR) is 119 cm³/mol. The van der Waals surface area contributed by atoms with E-state index >= 15 is 0 Å². The van der Waals surface area contributed by atoms with E-state index in [1.54, 1.807) is 24.3 Å². The Labute approximate surface area is 193 Å². The molecule has 0 unspecified atom stereocenters. The summed E-state index contributed by atoms with van der Waals surface area (Å²) in [5.74, 6) is -2.32. The van der Waals surface area contributed by atoms with Crippen LogP contribution < -0.4 is 10.1 Å². The second-order valence-electron chi connectivity index (χ2n) is 8.37. The van der Waals surface area contributed by atoms with Crippen LogP contribution >= 0.6 is 11.6 Å². The van der Waals surface area contributed by atoms with Crippen LogP contribution in [0.3, 0.4) is 0 Å². The van der Waals surface area contributed by atoms with Crippen molar-refractivity contribution in [3.05, 3.63) is 29.3 Å². The van der Waals surface area contributed by atoms with Gasteiger partial charge in [0.15, 0.2) is 0 Å². The molecule has 178 valence electrons. The number of hydrogen-bond acceptors (Lipinski definition) is 5. The number of carbonyl (C=O) groups excluding carboxylic acids is 1. The summed E-state index contributed by atoms with van der Waals surface area (Å²) in [7, 11) is 1.51. The molecule has 9 heteroatoms. The highest BCUT2D eigenvalue weighted by Gasteiger charge is 2.44. The Kier molecular flexibility index (Phi) is 10.3. The Balaban J connectivity index is 2.03. The van der Waals surface area contributed by atoms with Crippen molar-refractivity contribution in [2.75, 3.05) is 20.3 Å². The number of carbonyl (C=O) groups is 3. The lowest BCUT2D eigenvalue weighted by Gasteiger charge is -2.32. The Morgan fingerprint density at radius 1 is 1.09 bits per heavy atom. The first-order chi connectivity index (χ1) is 15.3. The van der Waals surface area contributed by atoms with Gasteiger partial charge in [0.1, 0.15) is 5.75 Å². The molecule has 0 heterocycles. The first-order valence-electron chi connectivity index (χ1n) is 10.9. The van der Waals surface area contributed by atoms with Crippen LogP contribution in [0.2, 0.25) is 5.02 Å². The molecular formula is C23H32ClNO7. The van der Waals surface area contributed by atoms with Crippen molar-refractivity contribution in [3.63, 3.8) is 0 Å². The van der Waals surface area contributed by atoms with E-state index in [2.05, 4.69) is 5.32 Å². The Hall–Kier alpha value is -2.32. The maximum absolute atomic E-state index is 13.3. The number of nitrogens with one attached hydrogen (secondary N) is 1. The summed E-state index contributed by atoms with van der Waals surface area (Å²) in [5, 5.41) is 22.4. The number of ether oxygens (including phenoxy) is 2. The van der Waals surface area contributed by atoms with Crippen LogP contribution in [-0.2, 0) is 19.1 Å². The van der Waals surface area contributed by atoms with Gasteiger partial charge in [-0.2, -0.15) is 0 Å². The molecule has 1 aliphatic rings. The monoisotopic (exact) mass is 469 g/mol. The molecule has 0 bridgehead atoms. The molecule has 8 nitrogen and oxygen atoms in total. The summed E-state index contributed by atoms with van der Waals surface area (Å²) in [4.78, 5) is 36.4. The second kappa shape index (κ2) is 12.6. The maximum Gasteiger partial charge on any atom is 0.306 e. The Morgan fingerprint density at radius 2 is 1.75 bits per heavy atom. The Bertz CT molecular complexity index is 762. The third kappa shape index (κ3) is 7.98. The lowest BCUT2D eigenvalue weighted by atomic mass is 9.75. The van der Waals surface area contributed by atoms with Crippen molar-refractivity contribution in [3.8, 4) is 5.75 Å². The number of amides is 1. The van der Waals surface area contributed by atoms with Crippen LogP contribution in [0.1, 0.15) is 51.4 Å². The molecule has 3 N–H and O–H groups in total. The largest absolute Gasteiger partial charge is 0.494 e. The van der Waals surface area contributed by atoms with Crippen molar-refractivity contribution in [2.45, 2.75) is 57.4 Å². The lowest BCUT2D eigenvalue weighted by Crippen LogP contribution is -2.47. The molecule has 0 aromatic heterocycles. The molecule has 0 spiro atoms. The van der Waals surface area contributed by atoms with Gasteiger partial charge in [-0.25, -0.2) is 0 Å². The number of hydrogen-bond donors (Lipinski definition) is 3.